The van der Waals surface area contributed by atoms with Crippen LogP contribution in [0.2, 0.25) is 15.1 Å². The Hall–Kier alpha value is -8.69. The van der Waals surface area contributed by atoms with Crippen LogP contribution in [0, 0.1) is 17.5 Å². The number of nitrogens with one attached hydrogen (secondary N) is 6. The summed E-state index contributed by atoms with van der Waals surface area (Å²) in [5, 5.41) is 31.2. The zero-order valence-electron chi connectivity index (χ0n) is 39.1. The molecular weight excluding hydrogens is 1000 g/mol. The van der Waals surface area contributed by atoms with Gasteiger partial charge in [-0.25, -0.2) is 13.2 Å². The Bertz CT molecular complexity index is 3800. The van der Waals surface area contributed by atoms with Gasteiger partial charge in [-0.3, -0.25) is 25.7 Å². The third kappa shape index (κ3) is 10.3. The number of hydrogen-bond donors (Lipinski definition) is 6. The first-order valence-electron chi connectivity index (χ1n) is 23.0. The molecule has 0 radical (unpaired) electrons. The second-order valence-electron chi connectivity index (χ2n) is 16.6. The number of aromatic amines is 3. The van der Waals surface area contributed by atoms with Gasteiger partial charge in [0.1, 0.15) is 22.3 Å². The predicted octanol–water partition coefficient (Wildman–Crippen LogP) is 16.3. The Morgan fingerprint density at radius 3 is 1.26 bits per heavy atom. The van der Waals surface area contributed by atoms with Crippen LogP contribution >= 0.6 is 34.8 Å². The van der Waals surface area contributed by atoms with Crippen LogP contribution in [-0.2, 0) is 0 Å². The molecule has 0 bridgehead atoms. The summed E-state index contributed by atoms with van der Waals surface area (Å²) in [5.41, 5.74) is 10.2. The van der Waals surface area contributed by atoms with E-state index in [-0.39, 0.29) is 26.1 Å². The zero-order valence-corrected chi connectivity index (χ0v) is 41.3. The zero-order chi connectivity index (χ0) is 51.1. The first-order chi connectivity index (χ1) is 36.1. The van der Waals surface area contributed by atoms with E-state index in [0.29, 0.717) is 62.4 Å². The van der Waals surface area contributed by atoms with Crippen LogP contribution in [0.25, 0.3) is 66.1 Å². The third-order valence-electron chi connectivity index (χ3n) is 11.9. The van der Waals surface area contributed by atoms with E-state index in [1.165, 1.54) is 0 Å². The largest absolute Gasteiger partial charge is 0.497 e. The number of aromatic nitrogens is 6. The van der Waals surface area contributed by atoms with E-state index < -0.39 is 17.5 Å². The number of fused-ring (bicyclic) bond motifs is 3. The molecule has 11 aromatic rings. The Balaban J connectivity index is 0.000000127. The topological polar surface area (TPSA) is 135 Å². The number of rotatable bonds is 10. The normalized spacial score (nSPS) is 11.8. The molecule has 368 valence electrons. The van der Waals surface area contributed by atoms with Crippen molar-refractivity contribution in [3.63, 3.8) is 0 Å². The summed E-state index contributed by atoms with van der Waals surface area (Å²) in [4.78, 5) is 0. The van der Waals surface area contributed by atoms with Crippen LogP contribution in [0.4, 0.5) is 42.0 Å². The summed E-state index contributed by atoms with van der Waals surface area (Å²) in [6.45, 7) is 0.701. The average Bonchev–Trinajstić information content (AvgIpc) is 4.18. The number of anilines is 5. The van der Waals surface area contributed by atoms with Crippen LogP contribution < -0.4 is 20.8 Å². The van der Waals surface area contributed by atoms with Crippen molar-refractivity contribution < 1.29 is 17.9 Å². The lowest BCUT2D eigenvalue weighted by Crippen LogP contribution is -2.25. The molecule has 74 heavy (non-hydrogen) atoms. The van der Waals surface area contributed by atoms with Crippen molar-refractivity contribution in [2.75, 3.05) is 29.7 Å². The minimum atomic E-state index is -0.515. The van der Waals surface area contributed by atoms with E-state index in [2.05, 4.69) is 46.7 Å². The number of hydrogen-bond acceptors (Lipinski definition) is 8. The molecule has 1 aliphatic heterocycles. The molecule has 0 saturated heterocycles. The lowest BCUT2D eigenvalue weighted by atomic mass is 10.0. The fraction of sp³-hybridized carbons (Fsp3) is 0.0351. The molecule has 0 amide bonds. The molecule has 0 saturated carbocycles. The highest BCUT2D eigenvalue weighted by Crippen LogP contribution is 2.40. The van der Waals surface area contributed by atoms with Crippen LogP contribution in [-0.4, -0.2) is 49.3 Å². The van der Waals surface area contributed by atoms with Crippen LogP contribution in [0.5, 0.6) is 5.75 Å². The van der Waals surface area contributed by atoms with Gasteiger partial charge in [0.15, 0.2) is 34.9 Å². The van der Waals surface area contributed by atoms with Gasteiger partial charge >= 0.3 is 0 Å². The summed E-state index contributed by atoms with van der Waals surface area (Å²) in [5.74, 6) is 0.883. The minimum absolute atomic E-state index is 0.0725. The average molecular weight is 1050 g/mol. The highest BCUT2D eigenvalue weighted by atomic mass is 35.5. The minimum Gasteiger partial charge on any atom is -0.497 e. The molecule has 6 N–H and O–H groups in total. The van der Waals surface area contributed by atoms with Crippen molar-refractivity contribution in [1.82, 2.24) is 35.6 Å². The Labute approximate surface area is 437 Å². The fourth-order valence-corrected chi connectivity index (χ4v) is 8.97. The van der Waals surface area contributed by atoms with Gasteiger partial charge in [-0.2, -0.15) is 15.3 Å². The highest BCUT2D eigenvalue weighted by Gasteiger charge is 2.21. The number of ether oxygens (including phenoxy) is 1. The van der Waals surface area contributed by atoms with E-state index in [1.54, 1.807) is 7.11 Å². The number of allylic oxidation sites excluding steroid dienone is 2. The van der Waals surface area contributed by atoms with E-state index >= 15 is 0 Å². The van der Waals surface area contributed by atoms with E-state index in [4.69, 9.17) is 39.5 Å². The number of nitrogens with zero attached hydrogens (tertiary/aromatic N) is 4. The van der Waals surface area contributed by atoms with Gasteiger partial charge in [0.25, 0.3) is 0 Å². The summed E-state index contributed by atoms with van der Waals surface area (Å²) in [6, 6.07) is 51.0. The van der Waals surface area contributed by atoms with Crippen molar-refractivity contribution in [2.24, 2.45) is 0 Å². The van der Waals surface area contributed by atoms with Gasteiger partial charge in [0.2, 0.25) is 0 Å². The van der Waals surface area contributed by atoms with E-state index in [1.807, 2.05) is 193 Å². The van der Waals surface area contributed by atoms with Crippen LogP contribution in [0.15, 0.2) is 188 Å². The van der Waals surface area contributed by atoms with Crippen molar-refractivity contribution in [3.8, 4) is 39.1 Å². The number of halogens is 6. The molecule has 12 rings (SSSR count). The molecule has 17 heteroatoms. The van der Waals surface area contributed by atoms with Crippen molar-refractivity contribution in [2.45, 2.75) is 0 Å². The number of hydrazine groups is 1. The molecular formula is C57H42Cl3F3N10O. The van der Waals surface area contributed by atoms with Gasteiger partial charge < -0.3 is 15.4 Å². The van der Waals surface area contributed by atoms with Crippen LogP contribution in [0.3, 0.4) is 0 Å². The molecule has 0 unspecified atom stereocenters. The summed E-state index contributed by atoms with van der Waals surface area (Å²) < 4.78 is 49.2. The summed E-state index contributed by atoms with van der Waals surface area (Å²) >= 11 is 18.7. The van der Waals surface area contributed by atoms with Crippen molar-refractivity contribution in [1.29, 1.82) is 0 Å². The number of benzene rings is 8. The lowest BCUT2D eigenvalue weighted by molar-refractivity contribution is 0.415. The second kappa shape index (κ2) is 22.0. The quantitative estimate of drug-likeness (QED) is 0.0798. The standard InChI is InChI=1S/C20H15ClFN3O.C19H13ClFN3.C18H14ClFN4/c1-26-14-9-7-13(8-10-14)23-20-16-11-15(12-5-3-2-4-6-12)17(21)18(22)19(16)24-25-20;20-16-14(12-7-3-1-4-8-12)11-15-18(17(16)21)23-24-19(15)22-13-9-5-2-6-10-13;19-15-13(12-7-3-1-4-8-12)11-14-17(16(15)20)21-22-18(14)23-24-9-5-2-6-10-24/h2-11H,1H3,(H2,23,24,25);1-11H,(H2,22,23,24);1-9,11H,10H2,(H2,21,22,23). The molecule has 0 aliphatic carbocycles. The predicted molar refractivity (Wildman–Crippen MR) is 294 cm³/mol. The number of para-hydroxylation sites is 1. The molecule has 4 heterocycles. The highest BCUT2D eigenvalue weighted by molar-refractivity contribution is 6.35. The fourth-order valence-electron chi connectivity index (χ4n) is 8.20. The second-order valence-corrected chi connectivity index (χ2v) is 17.8. The summed E-state index contributed by atoms with van der Waals surface area (Å²) in [6.07, 6.45) is 7.78. The van der Waals surface area contributed by atoms with Gasteiger partial charge in [-0.05, 0) is 77.4 Å². The van der Waals surface area contributed by atoms with Gasteiger partial charge in [-0.15, -0.1) is 0 Å². The lowest BCUT2D eigenvalue weighted by Gasteiger charge is -2.21. The SMILES string of the molecule is COc1ccc(Nc2n[nH]c3c(F)c(Cl)c(-c4ccccc4)cc23)cc1.Fc1c(Cl)c(-c2ccccc2)cc2c(NN3C=CC=CC3)n[nH]c12.Fc1c(Cl)c(-c2ccccc2)cc2c(Nc3ccccc3)n[nH]c12. The van der Waals surface area contributed by atoms with Gasteiger partial charge in [0.05, 0.1) is 28.7 Å². The van der Waals surface area contributed by atoms with Crippen molar-refractivity contribution >= 4 is 96.3 Å². The molecule has 3 aromatic heterocycles. The maximum atomic E-state index is 14.7. The van der Waals surface area contributed by atoms with Crippen molar-refractivity contribution in [3.05, 3.63) is 221 Å². The molecule has 0 fully saturated rings. The third-order valence-corrected chi connectivity index (χ3v) is 13.0. The Morgan fingerprint density at radius 2 is 0.865 bits per heavy atom. The molecule has 0 spiro atoms. The monoisotopic (exact) mass is 1040 g/mol. The molecule has 1 aliphatic rings. The molecule has 11 nitrogen and oxygen atoms in total. The number of methoxy groups -OCH3 is 1. The maximum Gasteiger partial charge on any atom is 0.174 e. The first-order valence-corrected chi connectivity index (χ1v) is 24.1. The maximum absolute atomic E-state index is 14.7. The van der Waals surface area contributed by atoms with Crippen LogP contribution in [0.1, 0.15) is 0 Å². The van der Waals surface area contributed by atoms with E-state index in [9.17, 15) is 13.2 Å². The summed E-state index contributed by atoms with van der Waals surface area (Å²) in [7, 11) is 1.61. The van der Waals surface area contributed by atoms with E-state index in [0.717, 1.165) is 33.8 Å². The molecule has 8 aromatic carbocycles. The number of H-pyrrole nitrogens is 3. The van der Waals surface area contributed by atoms with Gasteiger partial charge in [-0.1, -0.05) is 156 Å². The first kappa shape index (κ1) is 48.9. The molecule has 0 atom stereocenters. The Morgan fingerprint density at radius 1 is 0.486 bits per heavy atom. The smallest absolute Gasteiger partial charge is 0.174 e. The Kier molecular flexibility index (Phi) is 14.5. The van der Waals surface area contributed by atoms with Gasteiger partial charge in [0, 0.05) is 50.4 Å².